The van der Waals surface area contributed by atoms with Crippen molar-refractivity contribution in [2.75, 3.05) is 19.6 Å². The second-order valence-corrected chi connectivity index (χ2v) is 22.3. The topological polar surface area (TPSA) is 31.4 Å². The lowest BCUT2D eigenvalue weighted by Crippen LogP contribution is -2.65. The van der Waals surface area contributed by atoms with Crippen LogP contribution in [-0.2, 0) is 0 Å². The van der Waals surface area contributed by atoms with Crippen LogP contribution >= 0.6 is 0 Å². The molecule has 0 aromatic heterocycles. The van der Waals surface area contributed by atoms with E-state index in [0.717, 1.165) is 130 Å². The molecule has 402 valence electrons. The molecule has 86 heavy (non-hydrogen) atoms. The van der Waals surface area contributed by atoms with E-state index in [4.69, 9.17) is 9.47 Å². The second-order valence-electron chi connectivity index (χ2n) is 22.3. The van der Waals surface area contributed by atoms with Crippen LogP contribution in [0.15, 0.2) is 315 Å². The molecule has 0 N–H and O–H groups in total. The van der Waals surface area contributed by atoms with E-state index in [9.17, 15) is 0 Å². The number of rotatable bonds is 10. The molecule has 0 aliphatic carbocycles. The summed E-state index contributed by atoms with van der Waals surface area (Å²) in [5.74, 6) is 3.13. The zero-order valence-corrected chi connectivity index (χ0v) is 46.8. The quantitative estimate of drug-likeness (QED) is 0.127. The number of anilines is 12. The van der Waals surface area contributed by atoms with Crippen LogP contribution in [0.5, 0.6) is 23.0 Å². The summed E-state index contributed by atoms with van der Waals surface area (Å²) in [6, 6.07) is 114. The third-order valence-electron chi connectivity index (χ3n) is 17.5. The Labute approximate surface area is 501 Å². The molecule has 17 rings (SSSR count). The van der Waals surface area contributed by atoms with Gasteiger partial charge in [-0.15, -0.1) is 0 Å². The molecule has 0 atom stereocenters. The molecule has 13 aromatic carbocycles. The van der Waals surface area contributed by atoms with Crippen LogP contribution in [0.3, 0.4) is 0 Å². The molecule has 0 saturated carbocycles. The van der Waals surface area contributed by atoms with Gasteiger partial charge in [0.2, 0.25) is 0 Å². The van der Waals surface area contributed by atoms with Gasteiger partial charge in [-0.05, 0) is 141 Å². The van der Waals surface area contributed by atoms with Gasteiger partial charge in [-0.3, -0.25) is 0 Å². The lowest BCUT2D eigenvalue weighted by atomic mass is 9.29. The van der Waals surface area contributed by atoms with Crippen molar-refractivity contribution in [1.82, 2.24) is 0 Å². The third kappa shape index (κ3) is 7.84. The Bertz CT molecular complexity index is 4640. The molecule has 4 aliphatic rings. The highest BCUT2D eigenvalue weighted by atomic mass is 16.5. The van der Waals surface area contributed by atoms with Gasteiger partial charge in [-0.2, -0.15) is 0 Å². The summed E-state index contributed by atoms with van der Waals surface area (Å²) >= 11 is 0. The third-order valence-corrected chi connectivity index (χ3v) is 17.5. The van der Waals surface area contributed by atoms with Gasteiger partial charge in [-0.1, -0.05) is 206 Å². The maximum atomic E-state index is 8.07. The van der Waals surface area contributed by atoms with E-state index in [1.165, 1.54) is 16.4 Å². The van der Waals surface area contributed by atoms with E-state index in [0.29, 0.717) is 0 Å². The average Bonchev–Trinajstić information content (AvgIpc) is 0.684. The first-order valence-electron chi connectivity index (χ1n) is 29.5. The summed E-state index contributed by atoms with van der Waals surface area (Å²) in [6.45, 7) is -0.598. The standard InChI is InChI=1S/C78H52B2N4O2/c1-9-29-53(30-10-1)71-75-77(72(54-31-11-2-12-32-54)78-76(71)80-64-46-26-28-48-68(64)85-69-51-62(52-70(86-78)74(69)80)82(57-37-17-5-18-38-57)58-39-19-6-20-40-58)84(60-43-23-8-24-44-60)67-50-61(81(55-33-13-3-14-34-55)56-35-15-4-16-36-56)49-66-73(67)79(75)63-45-25-27-47-65(63)83(66)59-41-21-7-22-42-59/h1-52H. The molecule has 6 nitrogen and oxygen atoms in total. The van der Waals surface area contributed by atoms with Crippen LogP contribution in [0.1, 0.15) is 0 Å². The van der Waals surface area contributed by atoms with Crippen molar-refractivity contribution in [3.8, 4) is 45.3 Å². The molecule has 0 spiro atoms. The minimum absolute atomic E-state index is 0.284. The predicted octanol–water partition coefficient (Wildman–Crippen LogP) is 16.8. The van der Waals surface area contributed by atoms with Gasteiger partial charge in [-0.25, -0.2) is 0 Å². The van der Waals surface area contributed by atoms with Crippen molar-refractivity contribution in [3.63, 3.8) is 0 Å². The van der Waals surface area contributed by atoms with E-state index >= 15 is 0 Å². The zero-order valence-electron chi connectivity index (χ0n) is 46.8. The summed E-state index contributed by atoms with van der Waals surface area (Å²) in [5.41, 5.74) is 23.6. The minimum atomic E-state index is -0.314. The molecular formula is C78H52B2N4O2. The smallest absolute Gasteiger partial charge is 0.261 e. The number of hydrogen-bond acceptors (Lipinski definition) is 6. The SMILES string of the molecule is c1ccc(-c2c3c(c(-c4ccccc4)c4c2B2c5ccccc5N(c5ccccc5)c5cc(N(c6ccccc6)c6ccccc6)cc(c52)N4c2ccccc2)Oc2cc(N(c4ccccc4)c4ccccc4)cc4c2B3c2ccccc2O4)cc1. The lowest BCUT2D eigenvalue weighted by molar-refractivity contribution is 0.466. The van der Waals surface area contributed by atoms with Gasteiger partial charge in [0.05, 0.1) is 17.1 Å². The number of fused-ring (bicyclic) bond motifs is 8. The Morgan fingerprint density at radius 2 is 0.663 bits per heavy atom. The van der Waals surface area contributed by atoms with Crippen LogP contribution in [-0.4, -0.2) is 13.4 Å². The van der Waals surface area contributed by atoms with Gasteiger partial charge < -0.3 is 29.1 Å². The van der Waals surface area contributed by atoms with Crippen molar-refractivity contribution >= 4 is 114 Å². The van der Waals surface area contributed by atoms with Crippen LogP contribution < -0.4 is 61.9 Å². The molecule has 0 saturated heterocycles. The summed E-state index contributed by atoms with van der Waals surface area (Å²) in [5, 5.41) is 0. The number of benzene rings is 13. The van der Waals surface area contributed by atoms with E-state index in [1.54, 1.807) is 0 Å². The number of nitrogens with zero attached hydrogens (tertiary/aromatic N) is 4. The fourth-order valence-electron chi connectivity index (χ4n) is 14.0. The Morgan fingerprint density at radius 1 is 0.267 bits per heavy atom. The van der Waals surface area contributed by atoms with Crippen LogP contribution in [0.2, 0.25) is 0 Å². The van der Waals surface area contributed by atoms with Gasteiger partial charge in [0.15, 0.2) is 0 Å². The highest BCUT2D eigenvalue weighted by molar-refractivity contribution is 7.04. The number of ether oxygens (including phenoxy) is 2. The monoisotopic (exact) mass is 1100 g/mol. The van der Waals surface area contributed by atoms with Crippen molar-refractivity contribution in [2.24, 2.45) is 0 Å². The first kappa shape index (κ1) is 49.4. The number of para-hydroxylation sites is 8. The first-order valence-corrected chi connectivity index (χ1v) is 29.5. The van der Waals surface area contributed by atoms with Crippen molar-refractivity contribution in [2.45, 2.75) is 0 Å². The van der Waals surface area contributed by atoms with Gasteiger partial charge in [0.25, 0.3) is 13.4 Å². The molecule has 0 radical (unpaired) electrons. The van der Waals surface area contributed by atoms with Crippen LogP contribution in [0.4, 0.5) is 68.2 Å². The highest BCUT2D eigenvalue weighted by Gasteiger charge is 2.51. The molecule has 0 fully saturated rings. The minimum Gasteiger partial charge on any atom is -0.458 e. The Balaban J connectivity index is 1.05. The maximum Gasteiger partial charge on any atom is 0.261 e. The average molecular weight is 1100 g/mol. The molecule has 0 amide bonds. The molecule has 4 heterocycles. The van der Waals surface area contributed by atoms with E-state index in [1.807, 2.05) is 0 Å². The lowest BCUT2D eigenvalue weighted by Gasteiger charge is -2.47. The summed E-state index contributed by atoms with van der Waals surface area (Å²) in [7, 11) is 0. The Kier molecular flexibility index (Phi) is 11.7. The Morgan fingerprint density at radius 3 is 1.20 bits per heavy atom. The second kappa shape index (κ2) is 20.3. The van der Waals surface area contributed by atoms with Crippen molar-refractivity contribution < 1.29 is 9.47 Å². The van der Waals surface area contributed by atoms with Crippen LogP contribution in [0.25, 0.3) is 22.3 Å². The molecule has 0 unspecified atom stereocenters. The van der Waals surface area contributed by atoms with Gasteiger partial charge in [0, 0.05) is 74.3 Å². The van der Waals surface area contributed by atoms with Gasteiger partial charge in [0.1, 0.15) is 23.0 Å². The molecule has 8 heteroatoms. The fraction of sp³-hybridized carbons (Fsp3) is 0. The fourth-order valence-corrected chi connectivity index (χ4v) is 14.0. The summed E-state index contributed by atoms with van der Waals surface area (Å²) in [4.78, 5) is 9.77. The van der Waals surface area contributed by atoms with Crippen molar-refractivity contribution in [1.29, 1.82) is 0 Å². The molecule has 0 bridgehead atoms. The summed E-state index contributed by atoms with van der Waals surface area (Å²) < 4.78 is 15.3. The Hall–Kier alpha value is -11.2. The zero-order chi connectivity index (χ0) is 56.7. The van der Waals surface area contributed by atoms with E-state index < -0.39 is 0 Å². The van der Waals surface area contributed by atoms with E-state index in [-0.39, 0.29) is 13.4 Å². The largest absolute Gasteiger partial charge is 0.458 e. The normalized spacial score (nSPS) is 12.7. The van der Waals surface area contributed by atoms with Crippen LogP contribution in [0, 0.1) is 0 Å². The summed E-state index contributed by atoms with van der Waals surface area (Å²) in [6.07, 6.45) is 0. The maximum absolute atomic E-state index is 8.07. The molecule has 13 aromatic rings. The van der Waals surface area contributed by atoms with Crippen molar-refractivity contribution in [3.05, 3.63) is 315 Å². The van der Waals surface area contributed by atoms with Gasteiger partial charge >= 0.3 is 0 Å². The predicted molar refractivity (Wildman–Crippen MR) is 358 cm³/mol. The molecule has 4 aliphatic heterocycles. The first-order chi connectivity index (χ1) is 42.7. The number of hydrogen-bond donors (Lipinski definition) is 0. The molecular weight excluding hydrogens is 1050 g/mol. The highest BCUT2D eigenvalue weighted by Crippen LogP contribution is 2.55. The van der Waals surface area contributed by atoms with E-state index in [2.05, 4.69) is 335 Å².